The van der Waals surface area contributed by atoms with Crippen LogP contribution in [-0.2, 0) is 0 Å². The quantitative estimate of drug-likeness (QED) is 0.808. The molecule has 0 aliphatic heterocycles. The van der Waals surface area contributed by atoms with Crippen LogP contribution in [0.2, 0.25) is 0 Å². The van der Waals surface area contributed by atoms with Crippen LogP contribution < -0.4 is 5.32 Å². The third-order valence-corrected chi connectivity index (χ3v) is 2.91. The van der Waals surface area contributed by atoms with Crippen LogP contribution in [-0.4, -0.2) is 16.1 Å². The van der Waals surface area contributed by atoms with Crippen molar-refractivity contribution in [2.24, 2.45) is 0 Å². The maximum atomic E-state index is 4.15. The van der Waals surface area contributed by atoms with Crippen LogP contribution in [0.1, 0.15) is 50.2 Å². The lowest BCUT2D eigenvalue weighted by Crippen LogP contribution is -2.18. The highest BCUT2D eigenvalue weighted by molar-refractivity contribution is 7.05. The number of hydrogen-bond donors (Lipinski definition) is 1. The number of hydrogen-bond acceptors (Lipinski definition) is 4. The van der Waals surface area contributed by atoms with Gasteiger partial charge in [0.1, 0.15) is 0 Å². The average molecular weight is 199 g/mol. The van der Waals surface area contributed by atoms with Gasteiger partial charge in [0.25, 0.3) is 0 Å². The lowest BCUT2D eigenvalue weighted by molar-refractivity contribution is 0.595. The molecule has 0 radical (unpaired) electrons. The monoisotopic (exact) mass is 199 g/mol. The van der Waals surface area contributed by atoms with E-state index in [0.717, 1.165) is 12.2 Å². The minimum atomic E-state index is 0.377. The van der Waals surface area contributed by atoms with E-state index in [4.69, 9.17) is 0 Å². The highest BCUT2D eigenvalue weighted by atomic mass is 32.1. The summed E-state index contributed by atoms with van der Waals surface area (Å²) < 4.78 is 4.00. The summed E-state index contributed by atoms with van der Waals surface area (Å²) in [6.07, 6.45) is 0. The summed E-state index contributed by atoms with van der Waals surface area (Å²) in [7, 11) is 0. The van der Waals surface area contributed by atoms with Gasteiger partial charge in [-0.05, 0) is 30.9 Å². The average Bonchev–Trinajstić information content (AvgIpc) is 2.52. The van der Waals surface area contributed by atoms with E-state index >= 15 is 0 Å². The molecule has 4 heteroatoms. The fraction of sp³-hybridized carbons (Fsp3) is 0.778. The van der Waals surface area contributed by atoms with Crippen LogP contribution in [0, 0.1) is 0 Å². The van der Waals surface area contributed by atoms with Crippen LogP contribution >= 0.6 is 11.5 Å². The number of rotatable bonds is 4. The van der Waals surface area contributed by atoms with Crippen molar-refractivity contribution in [1.82, 2.24) is 14.9 Å². The molecule has 1 atom stereocenters. The smallest absolute Gasteiger partial charge is 0.0828 e. The zero-order valence-electron chi connectivity index (χ0n) is 8.66. The molecule has 0 saturated carbocycles. The highest BCUT2D eigenvalue weighted by Gasteiger charge is 2.16. The second-order valence-electron chi connectivity index (χ2n) is 3.46. The fourth-order valence-electron chi connectivity index (χ4n) is 1.30. The Morgan fingerprint density at radius 3 is 2.62 bits per heavy atom. The Labute approximate surface area is 83.7 Å². The van der Waals surface area contributed by atoms with E-state index in [2.05, 4.69) is 42.6 Å². The van der Waals surface area contributed by atoms with E-state index < -0.39 is 0 Å². The molecule has 0 fully saturated rings. The van der Waals surface area contributed by atoms with Crippen LogP contribution in [0.3, 0.4) is 0 Å². The second kappa shape index (κ2) is 4.67. The van der Waals surface area contributed by atoms with E-state index in [1.807, 2.05) is 0 Å². The lowest BCUT2D eigenvalue weighted by atomic mass is 10.1. The molecule has 1 heterocycles. The standard InChI is InChI=1S/C9H17N3S/c1-5-10-7(4)9-8(6(2)3)11-12-13-9/h6-7,10H,5H2,1-4H3. The Morgan fingerprint density at radius 2 is 2.08 bits per heavy atom. The van der Waals surface area contributed by atoms with Gasteiger partial charge >= 0.3 is 0 Å². The van der Waals surface area contributed by atoms with Crippen molar-refractivity contribution >= 4 is 11.5 Å². The molecule has 0 bridgehead atoms. The van der Waals surface area contributed by atoms with E-state index in [1.54, 1.807) is 0 Å². The van der Waals surface area contributed by atoms with Crippen molar-refractivity contribution in [3.8, 4) is 0 Å². The summed E-state index contributed by atoms with van der Waals surface area (Å²) in [5.41, 5.74) is 1.14. The molecular formula is C9H17N3S. The van der Waals surface area contributed by atoms with Crippen LogP contribution in [0.15, 0.2) is 0 Å². The molecule has 3 nitrogen and oxygen atoms in total. The molecule has 1 rings (SSSR count). The van der Waals surface area contributed by atoms with Crippen molar-refractivity contribution in [2.75, 3.05) is 6.54 Å². The predicted molar refractivity (Wildman–Crippen MR) is 56.1 cm³/mol. The van der Waals surface area contributed by atoms with Gasteiger partial charge in [-0.2, -0.15) is 0 Å². The first-order valence-electron chi connectivity index (χ1n) is 4.72. The van der Waals surface area contributed by atoms with Gasteiger partial charge in [0, 0.05) is 6.04 Å². The molecule has 1 unspecified atom stereocenters. The molecule has 1 aromatic rings. The minimum Gasteiger partial charge on any atom is -0.310 e. The molecule has 0 aliphatic rings. The zero-order valence-corrected chi connectivity index (χ0v) is 9.48. The first-order chi connectivity index (χ1) is 6.16. The van der Waals surface area contributed by atoms with Gasteiger partial charge in [0.15, 0.2) is 0 Å². The molecule has 0 aromatic carbocycles. The summed E-state index contributed by atoms with van der Waals surface area (Å²) in [5.74, 6) is 0.467. The summed E-state index contributed by atoms with van der Waals surface area (Å²) in [6.45, 7) is 9.55. The van der Waals surface area contributed by atoms with Crippen molar-refractivity contribution in [3.63, 3.8) is 0 Å². The molecule has 74 valence electrons. The summed E-state index contributed by atoms with van der Waals surface area (Å²) in [4.78, 5) is 1.27. The normalized spacial score (nSPS) is 13.6. The van der Waals surface area contributed by atoms with Gasteiger partial charge in [-0.15, -0.1) is 5.10 Å². The van der Waals surface area contributed by atoms with E-state index in [1.165, 1.54) is 16.4 Å². The lowest BCUT2D eigenvalue weighted by Gasteiger charge is -2.12. The number of nitrogens with zero attached hydrogens (tertiary/aromatic N) is 2. The maximum Gasteiger partial charge on any atom is 0.0828 e. The summed E-state index contributed by atoms with van der Waals surface area (Å²) >= 11 is 1.50. The molecule has 1 aromatic heterocycles. The Bertz CT molecular complexity index is 257. The van der Waals surface area contributed by atoms with Gasteiger partial charge < -0.3 is 5.32 Å². The van der Waals surface area contributed by atoms with Crippen molar-refractivity contribution < 1.29 is 0 Å². The molecular weight excluding hydrogens is 182 g/mol. The van der Waals surface area contributed by atoms with Gasteiger partial charge in [0.05, 0.1) is 10.6 Å². The summed E-state index contributed by atoms with van der Waals surface area (Å²) in [6, 6.07) is 0.377. The van der Waals surface area contributed by atoms with Crippen molar-refractivity contribution in [2.45, 2.75) is 39.7 Å². The molecule has 0 aliphatic carbocycles. The van der Waals surface area contributed by atoms with E-state index in [0.29, 0.717) is 12.0 Å². The molecule has 13 heavy (non-hydrogen) atoms. The van der Waals surface area contributed by atoms with Gasteiger partial charge in [-0.25, -0.2) is 0 Å². The summed E-state index contributed by atoms with van der Waals surface area (Å²) in [5, 5.41) is 7.52. The molecule has 1 N–H and O–H groups in total. The van der Waals surface area contributed by atoms with Gasteiger partial charge in [-0.3, -0.25) is 0 Å². The third kappa shape index (κ3) is 2.48. The Morgan fingerprint density at radius 1 is 1.38 bits per heavy atom. The topological polar surface area (TPSA) is 37.8 Å². The van der Waals surface area contributed by atoms with Crippen LogP contribution in [0.25, 0.3) is 0 Å². The largest absolute Gasteiger partial charge is 0.310 e. The molecule has 0 amide bonds. The van der Waals surface area contributed by atoms with Crippen molar-refractivity contribution in [3.05, 3.63) is 10.6 Å². The highest BCUT2D eigenvalue weighted by Crippen LogP contribution is 2.25. The Kier molecular flexibility index (Phi) is 3.81. The third-order valence-electron chi connectivity index (χ3n) is 1.99. The van der Waals surface area contributed by atoms with Gasteiger partial charge in [0.2, 0.25) is 0 Å². The SMILES string of the molecule is CCNC(C)c1snnc1C(C)C. The van der Waals surface area contributed by atoms with Crippen molar-refractivity contribution in [1.29, 1.82) is 0 Å². The fourth-order valence-corrected chi connectivity index (χ4v) is 2.13. The number of aromatic nitrogens is 2. The van der Waals surface area contributed by atoms with Crippen LogP contribution in [0.5, 0.6) is 0 Å². The Balaban J connectivity index is 2.80. The predicted octanol–water partition coefficient (Wildman–Crippen LogP) is 2.33. The van der Waals surface area contributed by atoms with E-state index in [-0.39, 0.29) is 0 Å². The molecule has 0 saturated heterocycles. The zero-order chi connectivity index (χ0) is 9.84. The first kappa shape index (κ1) is 10.6. The molecule has 0 spiro atoms. The second-order valence-corrected chi connectivity index (χ2v) is 4.24. The first-order valence-corrected chi connectivity index (χ1v) is 5.49. The minimum absolute atomic E-state index is 0.377. The van der Waals surface area contributed by atoms with E-state index in [9.17, 15) is 0 Å². The number of nitrogens with one attached hydrogen (secondary N) is 1. The van der Waals surface area contributed by atoms with Gasteiger partial charge in [-0.1, -0.05) is 25.3 Å². The maximum absolute atomic E-state index is 4.15. The Hall–Kier alpha value is -0.480. The van der Waals surface area contributed by atoms with Crippen LogP contribution in [0.4, 0.5) is 0 Å².